The third-order valence-corrected chi connectivity index (χ3v) is 2.72. The Labute approximate surface area is 109 Å². The average Bonchev–Trinajstić information content (AvgIpc) is 2.27. The molecule has 0 atom stereocenters. The third kappa shape index (κ3) is 4.44. The minimum atomic E-state index is 0.146. The van der Waals surface area contributed by atoms with Crippen LogP contribution in [0.4, 0.5) is 0 Å². The van der Waals surface area contributed by atoms with Gasteiger partial charge in [-0.2, -0.15) is 0 Å². The summed E-state index contributed by atoms with van der Waals surface area (Å²) >= 11 is 0. The number of carbonyl (C=O) groups excluding carboxylic acids is 2. The molecule has 0 saturated heterocycles. The normalized spacial score (nSPS) is 11.0. The molecule has 1 aromatic rings. The summed E-state index contributed by atoms with van der Waals surface area (Å²) in [4.78, 5) is 23.7. The monoisotopic (exact) mass is 246 g/mol. The molecule has 0 aromatic heterocycles. The highest BCUT2D eigenvalue weighted by atomic mass is 16.1. The lowest BCUT2D eigenvalue weighted by molar-refractivity contribution is 0.0955. The fourth-order valence-electron chi connectivity index (χ4n) is 1.82. The molecule has 0 radical (unpaired) electrons. The molecular weight excluding hydrogens is 224 g/mol. The Kier molecular flexibility index (Phi) is 5.26. The molecule has 0 amide bonds. The van der Waals surface area contributed by atoms with Gasteiger partial charge in [0.05, 0.1) is 0 Å². The molecule has 2 nitrogen and oxygen atoms in total. The molecule has 18 heavy (non-hydrogen) atoms. The van der Waals surface area contributed by atoms with Crippen LogP contribution in [0.5, 0.6) is 0 Å². The van der Waals surface area contributed by atoms with Crippen LogP contribution in [0.15, 0.2) is 24.3 Å². The zero-order valence-electron chi connectivity index (χ0n) is 11.7. The van der Waals surface area contributed by atoms with E-state index in [-0.39, 0.29) is 11.6 Å². The molecule has 0 N–H and O–H groups in total. The van der Waals surface area contributed by atoms with Crippen molar-refractivity contribution in [1.29, 1.82) is 0 Å². The maximum absolute atomic E-state index is 11.8. The second kappa shape index (κ2) is 6.48. The molecule has 2 heteroatoms. The predicted octanol–water partition coefficient (Wildman–Crippen LogP) is 4.14. The Balaban J connectivity index is 2.74. The van der Waals surface area contributed by atoms with E-state index in [9.17, 15) is 9.59 Å². The fourth-order valence-corrected chi connectivity index (χ4v) is 1.82. The number of hydrogen-bond donors (Lipinski definition) is 0. The Morgan fingerprint density at radius 3 is 1.28 bits per heavy atom. The molecule has 0 fully saturated rings. The summed E-state index contributed by atoms with van der Waals surface area (Å²) in [7, 11) is 0. The van der Waals surface area contributed by atoms with E-state index in [4.69, 9.17) is 0 Å². The largest absolute Gasteiger partial charge is 0.294 e. The van der Waals surface area contributed by atoms with E-state index in [1.54, 1.807) is 24.3 Å². The zero-order valence-corrected chi connectivity index (χ0v) is 11.7. The van der Waals surface area contributed by atoms with Gasteiger partial charge in [0.25, 0.3) is 0 Å². The predicted molar refractivity (Wildman–Crippen MR) is 74.0 cm³/mol. The van der Waals surface area contributed by atoms with Gasteiger partial charge in [-0.3, -0.25) is 9.59 Å². The topological polar surface area (TPSA) is 34.1 Å². The van der Waals surface area contributed by atoms with E-state index in [0.717, 1.165) is 0 Å². The number of ketones is 2. The lowest BCUT2D eigenvalue weighted by Gasteiger charge is -2.06. The van der Waals surface area contributed by atoms with Crippen molar-refractivity contribution in [3.63, 3.8) is 0 Å². The summed E-state index contributed by atoms with van der Waals surface area (Å²) in [5, 5.41) is 0. The smallest absolute Gasteiger partial charge is 0.163 e. The number of Topliss-reactive ketones (excluding diaryl/α,β-unsaturated/α-hetero) is 2. The first kappa shape index (κ1) is 14.6. The summed E-state index contributed by atoms with van der Waals surface area (Å²) in [5.41, 5.74) is 1.40. The molecule has 0 spiro atoms. The molecule has 0 aliphatic carbocycles. The second-order valence-electron chi connectivity index (χ2n) is 5.62. The molecule has 98 valence electrons. The summed E-state index contributed by atoms with van der Waals surface area (Å²) in [6.45, 7) is 8.10. The molecule has 0 aliphatic heterocycles. The van der Waals surface area contributed by atoms with Crippen LogP contribution in [0.3, 0.4) is 0 Å². The summed E-state index contributed by atoms with van der Waals surface area (Å²) in [6, 6.07) is 7.05. The van der Waals surface area contributed by atoms with E-state index in [0.29, 0.717) is 35.8 Å². The van der Waals surface area contributed by atoms with E-state index in [1.807, 2.05) is 27.7 Å². The van der Waals surface area contributed by atoms with Crippen molar-refractivity contribution in [2.24, 2.45) is 11.8 Å². The van der Waals surface area contributed by atoms with Crippen LogP contribution < -0.4 is 0 Å². The van der Waals surface area contributed by atoms with Crippen LogP contribution in [0.1, 0.15) is 61.3 Å². The van der Waals surface area contributed by atoms with Crippen LogP contribution in [-0.2, 0) is 0 Å². The first-order valence-corrected chi connectivity index (χ1v) is 6.56. The lowest BCUT2D eigenvalue weighted by Crippen LogP contribution is -2.06. The van der Waals surface area contributed by atoms with Gasteiger partial charge in [-0.15, -0.1) is 0 Å². The Hall–Kier alpha value is -1.44. The number of benzene rings is 1. The first-order chi connectivity index (χ1) is 8.40. The van der Waals surface area contributed by atoms with Crippen LogP contribution in [0.25, 0.3) is 0 Å². The summed E-state index contributed by atoms with van der Waals surface area (Å²) < 4.78 is 0. The highest BCUT2D eigenvalue weighted by Gasteiger charge is 2.11. The SMILES string of the molecule is CC(C)CC(=O)c1ccc(C(=O)CC(C)C)cc1. The standard InChI is InChI=1S/C16H22O2/c1-11(2)9-15(17)13-5-7-14(8-6-13)16(18)10-12(3)4/h5-8,11-12H,9-10H2,1-4H3. The minimum Gasteiger partial charge on any atom is -0.294 e. The van der Waals surface area contributed by atoms with Gasteiger partial charge in [0.15, 0.2) is 11.6 Å². The number of carbonyl (C=O) groups is 2. The van der Waals surface area contributed by atoms with Gasteiger partial charge in [0.2, 0.25) is 0 Å². The highest BCUT2D eigenvalue weighted by molar-refractivity contribution is 5.99. The van der Waals surface area contributed by atoms with Crippen LogP contribution >= 0.6 is 0 Å². The van der Waals surface area contributed by atoms with Crippen molar-refractivity contribution >= 4 is 11.6 Å². The molecule has 0 aliphatic rings. The van der Waals surface area contributed by atoms with Crippen molar-refractivity contribution in [2.45, 2.75) is 40.5 Å². The van der Waals surface area contributed by atoms with E-state index in [2.05, 4.69) is 0 Å². The summed E-state index contributed by atoms with van der Waals surface area (Å²) in [5.74, 6) is 1.01. The molecule has 1 aromatic carbocycles. The van der Waals surface area contributed by atoms with Crippen LogP contribution in [-0.4, -0.2) is 11.6 Å². The Bertz CT molecular complexity index is 372. The molecule has 0 saturated carbocycles. The molecule has 0 heterocycles. The van der Waals surface area contributed by atoms with Gasteiger partial charge in [-0.25, -0.2) is 0 Å². The minimum absolute atomic E-state index is 0.146. The van der Waals surface area contributed by atoms with Crippen molar-refractivity contribution in [3.05, 3.63) is 35.4 Å². The molecule has 1 rings (SSSR count). The van der Waals surface area contributed by atoms with Crippen LogP contribution in [0.2, 0.25) is 0 Å². The van der Waals surface area contributed by atoms with Gasteiger partial charge < -0.3 is 0 Å². The maximum atomic E-state index is 11.8. The summed E-state index contributed by atoms with van der Waals surface area (Å²) in [6.07, 6.45) is 1.11. The van der Waals surface area contributed by atoms with Crippen LogP contribution in [0, 0.1) is 11.8 Å². The van der Waals surface area contributed by atoms with Crippen molar-refractivity contribution in [1.82, 2.24) is 0 Å². The van der Waals surface area contributed by atoms with Gasteiger partial charge in [0, 0.05) is 24.0 Å². The number of rotatable bonds is 6. The quantitative estimate of drug-likeness (QED) is 0.707. The van der Waals surface area contributed by atoms with E-state index < -0.39 is 0 Å². The fraction of sp³-hybridized carbons (Fsp3) is 0.500. The third-order valence-electron chi connectivity index (χ3n) is 2.72. The number of hydrogen-bond acceptors (Lipinski definition) is 2. The maximum Gasteiger partial charge on any atom is 0.163 e. The van der Waals surface area contributed by atoms with Gasteiger partial charge in [0.1, 0.15) is 0 Å². The van der Waals surface area contributed by atoms with Gasteiger partial charge >= 0.3 is 0 Å². The molecule has 0 bridgehead atoms. The van der Waals surface area contributed by atoms with Crippen molar-refractivity contribution in [3.8, 4) is 0 Å². The first-order valence-electron chi connectivity index (χ1n) is 6.56. The molecule has 0 unspecified atom stereocenters. The Morgan fingerprint density at radius 2 is 1.06 bits per heavy atom. The lowest BCUT2D eigenvalue weighted by atomic mass is 9.97. The zero-order chi connectivity index (χ0) is 13.7. The Morgan fingerprint density at radius 1 is 0.778 bits per heavy atom. The van der Waals surface area contributed by atoms with Gasteiger partial charge in [-0.05, 0) is 11.8 Å². The average molecular weight is 246 g/mol. The van der Waals surface area contributed by atoms with Gasteiger partial charge in [-0.1, -0.05) is 52.0 Å². The van der Waals surface area contributed by atoms with Crippen molar-refractivity contribution in [2.75, 3.05) is 0 Å². The highest BCUT2D eigenvalue weighted by Crippen LogP contribution is 2.13. The molecular formula is C16H22O2. The van der Waals surface area contributed by atoms with E-state index >= 15 is 0 Å². The van der Waals surface area contributed by atoms with E-state index in [1.165, 1.54) is 0 Å². The second-order valence-corrected chi connectivity index (χ2v) is 5.62. The van der Waals surface area contributed by atoms with Crippen molar-refractivity contribution < 1.29 is 9.59 Å².